The van der Waals surface area contributed by atoms with Gasteiger partial charge in [-0.15, -0.1) is 0 Å². The van der Waals surface area contributed by atoms with Crippen molar-refractivity contribution in [2.45, 2.75) is 19.3 Å². The molecule has 1 aliphatic carbocycles. The van der Waals surface area contributed by atoms with E-state index in [0.29, 0.717) is 17.8 Å². The Morgan fingerprint density at radius 3 is 2.80 bits per heavy atom. The van der Waals surface area contributed by atoms with E-state index in [4.69, 9.17) is 10.8 Å². The minimum absolute atomic E-state index is 0.0900. The summed E-state index contributed by atoms with van der Waals surface area (Å²) >= 11 is 3.35. The summed E-state index contributed by atoms with van der Waals surface area (Å²) in [6, 6.07) is 5.18. The summed E-state index contributed by atoms with van der Waals surface area (Å²) in [5, 5.41) is 12.3. The molecule has 1 saturated carbocycles. The van der Waals surface area contributed by atoms with Crippen molar-refractivity contribution in [3.05, 3.63) is 28.2 Å². The largest absolute Gasteiger partial charge is 0.481 e. The molecule has 108 valence electrons. The first-order valence-corrected chi connectivity index (χ1v) is 7.34. The van der Waals surface area contributed by atoms with Crippen molar-refractivity contribution in [1.29, 1.82) is 0 Å². The van der Waals surface area contributed by atoms with E-state index in [1.807, 2.05) is 0 Å². The Balaban J connectivity index is 2.09. The second-order valence-electron chi connectivity index (χ2n) is 5.07. The third-order valence-electron chi connectivity index (χ3n) is 3.78. The van der Waals surface area contributed by atoms with Gasteiger partial charge in [-0.1, -0.05) is 22.4 Å². The van der Waals surface area contributed by atoms with Crippen LogP contribution < -0.4 is 11.1 Å². The number of hydrogen-bond acceptors (Lipinski definition) is 3. The third kappa shape index (κ3) is 3.30. The molecule has 20 heavy (non-hydrogen) atoms. The second kappa shape index (κ2) is 6.26. The van der Waals surface area contributed by atoms with E-state index in [2.05, 4.69) is 21.2 Å². The van der Waals surface area contributed by atoms with Crippen molar-refractivity contribution in [1.82, 2.24) is 0 Å². The SMILES string of the molecule is NC(=O)c1ccc(Br)cc1NCC1CCCC1C(=O)O. The molecule has 1 amide bonds. The molecule has 0 saturated heterocycles. The Morgan fingerprint density at radius 1 is 1.40 bits per heavy atom. The highest BCUT2D eigenvalue weighted by Gasteiger charge is 2.32. The fourth-order valence-electron chi connectivity index (χ4n) is 2.72. The number of hydrogen-bond donors (Lipinski definition) is 3. The number of carboxylic acids is 1. The number of rotatable bonds is 5. The fraction of sp³-hybridized carbons (Fsp3) is 0.429. The highest BCUT2D eigenvalue weighted by atomic mass is 79.9. The molecule has 0 heterocycles. The lowest BCUT2D eigenvalue weighted by Crippen LogP contribution is -2.25. The predicted octanol–water partition coefficient (Wildman–Crippen LogP) is 2.46. The van der Waals surface area contributed by atoms with Crippen LogP contribution in [0.5, 0.6) is 0 Å². The van der Waals surface area contributed by atoms with E-state index < -0.39 is 11.9 Å². The number of nitrogens with one attached hydrogen (secondary N) is 1. The zero-order chi connectivity index (χ0) is 14.7. The molecule has 0 spiro atoms. The highest BCUT2D eigenvalue weighted by Crippen LogP contribution is 2.32. The molecular weight excluding hydrogens is 324 g/mol. The van der Waals surface area contributed by atoms with Crippen molar-refractivity contribution in [3.8, 4) is 0 Å². The van der Waals surface area contributed by atoms with E-state index >= 15 is 0 Å². The van der Waals surface area contributed by atoms with E-state index in [9.17, 15) is 9.59 Å². The summed E-state index contributed by atoms with van der Waals surface area (Å²) in [6.07, 6.45) is 2.55. The maximum Gasteiger partial charge on any atom is 0.306 e. The lowest BCUT2D eigenvalue weighted by Gasteiger charge is -2.18. The van der Waals surface area contributed by atoms with Gasteiger partial charge in [0.05, 0.1) is 11.5 Å². The van der Waals surface area contributed by atoms with Gasteiger partial charge in [0.1, 0.15) is 0 Å². The van der Waals surface area contributed by atoms with Crippen molar-refractivity contribution in [2.24, 2.45) is 17.6 Å². The minimum atomic E-state index is -0.737. The second-order valence-corrected chi connectivity index (χ2v) is 5.99. The van der Waals surface area contributed by atoms with Crippen LogP contribution >= 0.6 is 15.9 Å². The summed E-state index contributed by atoms with van der Waals surface area (Å²) in [4.78, 5) is 22.5. The number of carbonyl (C=O) groups is 2. The molecule has 0 bridgehead atoms. The van der Waals surface area contributed by atoms with E-state index in [1.54, 1.807) is 18.2 Å². The number of carboxylic acid groups (broad SMARTS) is 1. The van der Waals surface area contributed by atoms with Gasteiger partial charge in [0.2, 0.25) is 0 Å². The number of benzene rings is 1. The predicted molar refractivity (Wildman–Crippen MR) is 79.6 cm³/mol. The summed E-state index contributed by atoms with van der Waals surface area (Å²) in [5.41, 5.74) is 6.39. The number of anilines is 1. The van der Waals surface area contributed by atoms with Crippen LogP contribution in [0.3, 0.4) is 0 Å². The zero-order valence-electron chi connectivity index (χ0n) is 10.9. The Labute approximate surface area is 125 Å². The summed E-state index contributed by atoms with van der Waals surface area (Å²) < 4.78 is 0.839. The van der Waals surface area contributed by atoms with Crippen LogP contribution in [-0.4, -0.2) is 23.5 Å². The van der Waals surface area contributed by atoms with Gasteiger partial charge in [0, 0.05) is 16.7 Å². The van der Waals surface area contributed by atoms with E-state index in [1.165, 1.54) is 0 Å². The first-order valence-electron chi connectivity index (χ1n) is 6.55. The number of halogens is 1. The molecule has 4 N–H and O–H groups in total. The molecule has 0 aliphatic heterocycles. The molecule has 0 aromatic heterocycles. The molecule has 2 unspecified atom stereocenters. The van der Waals surface area contributed by atoms with Gasteiger partial charge < -0.3 is 16.2 Å². The van der Waals surface area contributed by atoms with Crippen molar-refractivity contribution in [2.75, 3.05) is 11.9 Å². The number of primary amides is 1. The number of amides is 1. The molecule has 2 atom stereocenters. The van der Waals surface area contributed by atoms with Gasteiger partial charge >= 0.3 is 5.97 Å². The van der Waals surface area contributed by atoms with Crippen LogP contribution in [0.4, 0.5) is 5.69 Å². The molecule has 1 aromatic carbocycles. The average molecular weight is 341 g/mol. The maximum atomic E-state index is 11.4. The summed E-state index contributed by atoms with van der Waals surface area (Å²) in [7, 11) is 0. The van der Waals surface area contributed by atoms with Crippen LogP contribution in [0.15, 0.2) is 22.7 Å². The van der Waals surface area contributed by atoms with Crippen LogP contribution in [-0.2, 0) is 4.79 Å². The number of nitrogens with two attached hydrogens (primary N) is 1. The minimum Gasteiger partial charge on any atom is -0.481 e. The Hall–Kier alpha value is -1.56. The Kier molecular flexibility index (Phi) is 4.65. The molecule has 2 rings (SSSR count). The maximum absolute atomic E-state index is 11.4. The van der Waals surface area contributed by atoms with Crippen molar-refractivity contribution < 1.29 is 14.7 Å². The molecule has 6 heteroatoms. The topological polar surface area (TPSA) is 92.4 Å². The average Bonchev–Trinajstić information content (AvgIpc) is 2.84. The fourth-order valence-corrected chi connectivity index (χ4v) is 3.09. The number of carbonyl (C=O) groups excluding carboxylic acids is 1. The number of aliphatic carboxylic acids is 1. The lowest BCUT2D eigenvalue weighted by molar-refractivity contribution is -0.142. The first kappa shape index (κ1) is 14.8. The van der Waals surface area contributed by atoms with Gasteiger partial charge in [0.15, 0.2) is 0 Å². The van der Waals surface area contributed by atoms with E-state index in [-0.39, 0.29) is 11.8 Å². The molecule has 0 radical (unpaired) electrons. The normalized spacial score (nSPS) is 21.6. The van der Waals surface area contributed by atoms with Crippen LogP contribution in [0.2, 0.25) is 0 Å². The van der Waals surface area contributed by atoms with E-state index in [0.717, 1.165) is 23.7 Å². The lowest BCUT2D eigenvalue weighted by atomic mass is 9.96. The smallest absolute Gasteiger partial charge is 0.306 e. The summed E-state index contributed by atoms with van der Waals surface area (Å²) in [5.74, 6) is -1.45. The molecule has 1 aromatic rings. The van der Waals surface area contributed by atoms with Crippen LogP contribution in [0.1, 0.15) is 29.6 Å². The molecule has 1 fully saturated rings. The van der Waals surface area contributed by atoms with Gasteiger partial charge in [-0.3, -0.25) is 9.59 Å². The zero-order valence-corrected chi connectivity index (χ0v) is 12.5. The van der Waals surface area contributed by atoms with Gasteiger partial charge in [-0.25, -0.2) is 0 Å². The summed E-state index contributed by atoms with van der Waals surface area (Å²) in [6.45, 7) is 0.535. The quantitative estimate of drug-likeness (QED) is 0.767. The standard InChI is InChI=1S/C14H17BrN2O3/c15-9-4-5-11(13(16)18)12(6-9)17-7-8-2-1-3-10(8)14(19)20/h4-6,8,10,17H,1-3,7H2,(H2,16,18)(H,19,20). The molecule has 1 aliphatic rings. The Bertz CT molecular complexity index is 533. The first-order chi connectivity index (χ1) is 9.49. The van der Waals surface area contributed by atoms with Gasteiger partial charge in [-0.05, 0) is 37.0 Å². The van der Waals surface area contributed by atoms with Gasteiger partial charge in [-0.2, -0.15) is 0 Å². The van der Waals surface area contributed by atoms with Crippen molar-refractivity contribution >= 4 is 33.5 Å². The van der Waals surface area contributed by atoms with Gasteiger partial charge in [0.25, 0.3) is 5.91 Å². The highest BCUT2D eigenvalue weighted by molar-refractivity contribution is 9.10. The van der Waals surface area contributed by atoms with Crippen LogP contribution in [0, 0.1) is 11.8 Å². The third-order valence-corrected chi connectivity index (χ3v) is 4.27. The van der Waals surface area contributed by atoms with Crippen LogP contribution in [0.25, 0.3) is 0 Å². The monoisotopic (exact) mass is 340 g/mol. The Morgan fingerprint density at radius 2 is 2.15 bits per heavy atom. The van der Waals surface area contributed by atoms with Crippen molar-refractivity contribution in [3.63, 3.8) is 0 Å². The molecule has 5 nitrogen and oxygen atoms in total. The molecular formula is C14H17BrN2O3.